The lowest BCUT2D eigenvalue weighted by Gasteiger charge is -2.51. The molecule has 2 aliphatic carbocycles. The Bertz CT molecular complexity index is 2920. The number of aliphatic hydroxyl groups is 2. The summed E-state index contributed by atoms with van der Waals surface area (Å²) < 4.78 is 41.4. The fraction of sp³-hybridized carbons (Fsp3) is 0.500. The smallest absolute Gasteiger partial charge is 0.407 e. The molecule has 22 heteroatoms. The van der Waals surface area contributed by atoms with E-state index in [-0.39, 0.29) is 66.3 Å². The number of rotatable bonds is 17. The number of carboxylic acid groups (broad SMARTS) is 1. The summed E-state index contributed by atoms with van der Waals surface area (Å²) in [5.41, 5.74) is 1.35. The molecule has 9 unspecified atom stereocenters. The number of hydrogen-bond acceptors (Lipinski definition) is 18. The summed E-state index contributed by atoms with van der Waals surface area (Å²) in [7, 11) is 0.661. The van der Waals surface area contributed by atoms with Crippen LogP contribution in [0.4, 0.5) is 4.79 Å². The van der Waals surface area contributed by atoms with E-state index in [2.05, 4.69) is 44.3 Å². The van der Waals surface area contributed by atoms with E-state index in [0.29, 0.717) is 27.6 Å². The normalized spacial score (nSPS) is 29.7. The molecule has 6 N–H and O–H groups in total. The van der Waals surface area contributed by atoms with Crippen LogP contribution < -0.4 is 15.4 Å². The van der Waals surface area contributed by atoms with E-state index in [0.717, 1.165) is 18.9 Å². The topological polar surface area (TPSA) is 246 Å². The number of carbonyl (C=O) groups excluding carboxylic acids is 3. The number of thioether (sulfide) groups is 1. The van der Waals surface area contributed by atoms with Crippen LogP contribution in [0.15, 0.2) is 65.4 Å². The molecule has 4 aliphatic rings. The van der Waals surface area contributed by atoms with Gasteiger partial charge in [-0.1, -0.05) is 50.8 Å². The van der Waals surface area contributed by atoms with E-state index in [1.54, 1.807) is 56.9 Å². The van der Waals surface area contributed by atoms with Crippen molar-refractivity contribution in [2.24, 2.45) is 0 Å². The van der Waals surface area contributed by atoms with Gasteiger partial charge < -0.3 is 64.1 Å². The number of H-pyrrole nitrogens is 1. The number of carbonyl (C=O) groups is 4. The number of aromatic amines is 1. The Morgan fingerprint density at radius 1 is 1.12 bits per heavy atom. The third-order valence-electron chi connectivity index (χ3n) is 12.7. The van der Waals surface area contributed by atoms with Crippen LogP contribution in [0, 0.1) is 23.7 Å². The van der Waals surface area contributed by atoms with E-state index >= 15 is 4.79 Å². The number of hydrogen-bond donors (Lipinski definition) is 6. The first-order valence-corrected chi connectivity index (χ1v) is 28.3. The largest absolute Gasteiger partial charge is 0.493 e. The second kappa shape index (κ2) is 23.6. The van der Waals surface area contributed by atoms with Crippen LogP contribution in [0.1, 0.15) is 50.5 Å². The number of pyridine rings is 1. The van der Waals surface area contributed by atoms with Crippen molar-refractivity contribution >= 4 is 86.7 Å². The number of allylic oxidation sites excluding steroid dienone is 2. The fourth-order valence-electron chi connectivity index (χ4n) is 9.27. The van der Waals surface area contributed by atoms with Crippen LogP contribution in [-0.2, 0) is 67.5 Å². The highest BCUT2D eigenvalue weighted by Gasteiger charge is 2.61. The van der Waals surface area contributed by atoms with Crippen molar-refractivity contribution in [3.63, 3.8) is 0 Å². The predicted molar refractivity (Wildman–Crippen MR) is 277 cm³/mol. The number of ether oxygens (including phenoxy) is 7. The van der Waals surface area contributed by atoms with Crippen molar-refractivity contribution in [2.45, 2.75) is 112 Å². The Morgan fingerprint density at radius 2 is 1.89 bits per heavy atom. The van der Waals surface area contributed by atoms with Crippen molar-refractivity contribution in [3.05, 3.63) is 71.1 Å². The Balaban J connectivity index is 1.34. The number of methoxy groups -OCH3 is 2. The van der Waals surface area contributed by atoms with Gasteiger partial charge in [-0.2, -0.15) is 0 Å². The number of nitrogens with zero attached hydrogens (tertiary/aromatic N) is 1. The summed E-state index contributed by atoms with van der Waals surface area (Å²) in [5.74, 6) is 10.3. The average Bonchev–Trinajstić information content (AvgIpc) is 3.71. The lowest BCUT2D eigenvalue weighted by molar-refractivity contribution is -0.322. The number of amides is 1. The number of ketones is 2. The maximum Gasteiger partial charge on any atom is 0.407 e. The predicted octanol–water partition coefficient (Wildman–Crippen LogP) is 3.42. The summed E-state index contributed by atoms with van der Waals surface area (Å²) in [4.78, 5) is 61.4. The van der Waals surface area contributed by atoms with Crippen molar-refractivity contribution in [3.8, 4) is 29.4 Å². The third kappa shape index (κ3) is 12.1. The Kier molecular flexibility index (Phi) is 18.0. The van der Waals surface area contributed by atoms with Gasteiger partial charge >= 0.3 is 12.1 Å². The number of aliphatic hydroxyl groups excluding tert-OH is 2. The van der Waals surface area contributed by atoms with E-state index < -0.39 is 97.2 Å². The number of fused-ring (bicyclic) bond motifs is 3. The molecule has 2 aromatic heterocycles. The van der Waals surface area contributed by atoms with Gasteiger partial charge in [0.2, 0.25) is 5.78 Å². The molecule has 1 amide bonds. The molecule has 3 aromatic rings. The first kappa shape index (κ1) is 55.0. The SMILES string of the molecule is COC(=O)NC1C(=O)C[C@H](O)/C(=C/CS(C)(=S)=S)C2=C1C#C/C=C\C#C[C@@H]2OC1OC(C)C(SC)(C(=O)c2nccc3c2[nH]c2ccc(OCCC(=O)O)cc23)C(O)C1OC1CC(OC)C(NC(C)C)CO1. The third-order valence-corrected chi connectivity index (χ3v) is 15.7. The van der Waals surface area contributed by atoms with Gasteiger partial charge in [0.25, 0.3) is 0 Å². The highest BCUT2D eigenvalue weighted by atomic mass is 33.1. The van der Waals surface area contributed by atoms with Crippen molar-refractivity contribution in [1.82, 2.24) is 20.6 Å². The van der Waals surface area contributed by atoms with Gasteiger partial charge in [-0.15, -0.1) is 11.8 Å². The molecule has 1 aromatic carbocycles. The number of aromatic nitrogens is 2. The average molecular weight is 1070 g/mol. The highest BCUT2D eigenvalue weighted by molar-refractivity contribution is 8.56. The molecule has 0 spiro atoms. The monoisotopic (exact) mass is 1070 g/mol. The Morgan fingerprint density at radius 3 is 2.58 bits per heavy atom. The highest BCUT2D eigenvalue weighted by Crippen LogP contribution is 2.46. The molecule has 7 rings (SSSR count). The van der Waals surface area contributed by atoms with Gasteiger partial charge in [-0.05, 0) is 83.8 Å². The van der Waals surface area contributed by atoms with Gasteiger partial charge in [0, 0.05) is 65.4 Å². The van der Waals surface area contributed by atoms with Crippen LogP contribution in [0.25, 0.3) is 21.8 Å². The van der Waals surface area contributed by atoms with Gasteiger partial charge in [0.15, 0.2) is 18.4 Å². The lowest BCUT2D eigenvalue weighted by Crippen LogP contribution is -2.68. The van der Waals surface area contributed by atoms with Crippen LogP contribution >= 0.6 is 11.8 Å². The second-order valence-corrected chi connectivity index (χ2v) is 26.2. The lowest BCUT2D eigenvalue weighted by atomic mass is 9.83. The number of carboxylic acids is 1. The molecular formula is C50H58N4O14S4. The zero-order chi connectivity index (χ0) is 52.1. The molecule has 72 heavy (non-hydrogen) atoms. The number of Topliss-reactive ketones (excluding diaryl/α,β-unsaturated/α-hetero) is 2. The van der Waals surface area contributed by atoms with Crippen molar-refractivity contribution in [2.75, 3.05) is 45.7 Å². The molecule has 386 valence electrons. The van der Waals surface area contributed by atoms with Crippen LogP contribution in [0.3, 0.4) is 0 Å². The van der Waals surface area contributed by atoms with E-state index in [4.69, 9.17) is 60.6 Å². The van der Waals surface area contributed by atoms with Crippen LogP contribution in [-0.4, -0.2) is 167 Å². The van der Waals surface area contributed by atoms with E-state index in [9.17, 15) is 24.6 Å². The van der Waals surface area contributed by atoms with Crippen LogP contribution in [0.5, 0.6) is 5.75 Å². The summed E-state index contributed by atoms with van der Waals surface area (Å²) in [6, 6.07) is 5.38. The maximum absolute atomic E-state index is 15.5. The fourth-order valence-corrected chi connectivity index (χ4v) is 11.2. The molecule has 2 fully saturated rings. The molecule has 4 heterocycles. The molecule has 18 nitrogen and oxygen atoms in total. The van der Waals surface area contributed by atoms with Gasteiger partial charge in [0.1, 0.15) is 40.5 Å². The quantitative estimate of drug-likeness (QED) is 0.0838. The first-order valence-electron chi connectivity index (χ1n) is 23.0. The standard InChI is InChI=1S/C50H58N4O14S4/c1-26(2)52-34-25-65-40(24-38(34)62-4)68-45-47(60)50(71-6,46(59)44-43-29(16-19-51-44)32-22-28(14-15-33(32)53-43)64-20-17-39(57)58)27(3)66-48(45)67-37-13-11-9-8-10-12-31-41(37)30(18-21-72(7,69)70)35(55)23-36(56)42(31)54-49(61)63-5/h8-9,14-16,18-19,22,26-27,34-35,37-38,40,42,45,47-48,52-53,55,60H,17,20-21,23-25H2,1-7H3,(H,54,61)(H,57,58)/b9-8-,30-18-/t27?,34?,35-,37-,38?,40?,42?,45?,47?,48?,50?/m0/s1. The Labute approximate surface area is 431 Å². The summed E-state index contributed by atoms with van der Waals surface area (Å²) in [5, 5.41) is 41.4. The minimum absolute atomic E-state index is 0.00841. The number of nitrogens with one attached hydrogen (secondary N) is 3. The minimum atomic E-state index is -2.06. The minimum Gasteiger partial charge on any atom is -0.493 e. The van der Waals surface area contributed by atoms with E-state index in [1.807, 2.05) is 13.8 Å². The molecule has 0 saturated carbocycles. The molecule has 2 saturated heterocycles. The number of aliphatic carboxylic acids is 1. The Hall–Kier alpha value is -4.79. The molecule has 11 atom stereocenters. The number of alkyl carbamates (subject to hydrolysis) is 1. The number of benzene rings is 1. The van der Waals surface area contributed by atoms with Gasteiger partial charge in [-0.25, -0.2) is 4.79 Å². The molecule has 0 radical (unpaired) electrons. The summed E-state index contributed by atoms with van der Waals surface area (Å²) in [6.45, 7) is 5.74. The van der Waals surface area contributed by atoms with Crippen molar-refractivity contribution < 1.29 is 67.7 Å². The van der Waals surface area contributed by atoms with Gasteiger partial charge in [-0.3, -0.25) is 19.4 Å². The zero-order valence-corrected chi connectivity index (χ0v) is 43.9. The molecular weight excluding hydrogens is 1010 g/mol. The second-order valence-electron chi connectivity index (χ2n) is 17.9. The summed E-state index contributed by atoms with van der Waals surface area (Å²) >= 11 is 12.3. The van der Waals surface area contributed by atoms with E-state index in [1.165, 1.54) is 18.3 Å². The zero-order valence-electron chi connectivity index (χ0n) is 40.6. The first-order chi connectivity index (χ1) is 34.3. The molecule has 0 bridgehead atoms. The van der Waals surface area contributed by atoms with Crippen molar-refractivity contribution in [1.29, 1.82) is 0 Å². The van der Waals surface area contributed by atoms with Crippen LogP contribution in [0.2, 0.25) is 0 Å². The van der Waals surface area contributed by atoms with Gasteiger partial charge in [0.05, 0.1) is 56.6 Å². The molecule has 2 aliphatic heterocycles. The summed E-state index contributed by atoms with van der Waals surface area (Å²) in [6.07, 6.45) is -2.22. The maximum atomic E-state index is 15.5.